The van der Waals surface area contributed by atoms with Crippen LogP contribution in [0, 0.1) is 11.7 Å². The zero-order chi connectivity index (χ0) is 13.0. The van der Waals surface area contributed by atoms with Crippen LogP contribution in [-0.2, 0) is 4.74 Å². The molecule has 4 heteroatoms. The summed E-state index contributed by atoms with van der Waals surface area (Å²) in [5, 5.41) is 12.5. The van der Waals surface area contributed by atoms with Crippen molar-refractivity contribution in [2.24, 2.45) is 5.92 Å². The van der Waals surface area contributed by atoms with Crippen LogP contribution >= 0.6 is 0 Å². The average molecular weight is 253 g/mol. The van der Waals surface area contributed by atoms with E-state index in [1.54, 1.807) is 6.07 Å². The van der Waals surface area contributed by atoms with E-state index in [2.05, 4.69) is 5.32 Å². The van der Waals surface area contributed by atoms with Crippen LogP contribution < -0.4 is 5.32 Å². The lowest BCUT2D eigenvalue weighted by atomic mass is 10.0. The van der Waals surface area contributed by atoms with Gasteiger partial charge in [0.05, 0.1) is 0 Å². The summed E-state index contributed by atoms with van der Waals surface area (Å²) < 4.78 is 18.9. The highest BCUT2D eigenvalue weighted by Gasteiger charge is 2.16. The van der Waals surface area contributed by atoms with E-state index in [-0.39, 0.29) is 17.6 Å². The fraction of sp³-hybridized carbons (Fsp3) is 0.571. The van der Waals surface area contributed by atoms with Crippen LogP contribution in [0.3, 0.4) is 0 Å². The molecule has 18 heavy (non-hydrogen) atoms. The van der Waals surface area contributed by atoms with Gasteiger partial charge in [-0.3, -0.25) is 0 Å². The van der Waals surface area contributed by atoms with Crippen LogP contribution in [0.15, 0.2) is 18.2 Å². The molecule has 2 N–H and O–H groups in total. The molecule has 1 aliphatic heterocycles. The second-order valence-electron chi connectivity index (χ2n) is 4.90. The third-order valence-corrected chi connectivity index (χ3v) is 3.48. The molecule has 0 aliphatic carbocycles. The Hall–Kier alpha value is -1.13. The first-order chi connectivity index (χ1) is 8.66. The van der Waals surface area contributed by atoms with Gasteiger partial charge in [-0.2, -0.15) is 0 Å². The highest BCUT2D eigenvalue weighted by atomic mass is 19.1. The molecule has 1 aromatic rings. The lowest BCUT2D eigenvalue weighted by Gasteiger charge is -2.16. The molecule has 2 atom stereocenters. The molecule has 1 aromatic carbocycles. The highest BCUT2D eigenvalue weighted by Crippen LogP contribution is 2.21. The van der Waals surface area contributed by atoms with E-state index in [1.807, 2.05) is 6.92 Å². The van der Waals surface area contributed by atoms with Gasteiger partial charge in [0.15, 0.2) is 0 Å². The van der Waals surface area contributed by atoms with Crippen molar-refractivity contribution in [3.8, 4) is 5.75 Å². The molecule has 2 rings (SSSR count). The second kappa shape index (κ2) is 6.16. The van der Waals surface area contributed by atoms with Crippen LogP contribution in [0.5, 0.6) is 5.75 Å². The number of benzene rings is 1. The van der Waals surface area contributed by atoms with E-state index in [0.717, 1.165) is 38.7 Å². The smallest absolute Gasteiger partial charge is 0.131 e. The fourth-order valence-electron chi connectivity index (χ4n) is 2.29. The maximum absolute atomic E-state index is 13.6. The summed E-state index contributed by atoms with van der Waals surface area (Å²) in [6.07, 6.45) is 2.19. The molecule has 3 nitrogen and oxygen atoms in total. The van der Waals surface area contributed by atoms with Crippen molar-refractivity contribution in [2.75, 3.05) is 19.8 Å². The van der Waals surface area contributed by atoms with Crippen molar-refractivity contribution in [3.63, 3.8) is 0 Å². The normalized spacial score (nSPS) is 21.1. The largest absolute Gasteiger partial charge is 0.508 e. The molecule has 1 heterocycles. The summed E-state index contributed by atoms with van der Waals surface area (Å²) >= 11 is 0. The van der Waals surface area contributed by atoms with Crippen molar-refractivity contribution in [1.82, 2.24) is 5.32 Å². The molecule has 100 valence electrons. The zero-order valence-corrected chi connectivity index (χ0v) is 10.7. The van der Waals surface area contributed by atoms with Gasteiger partial charge in [-0.05, 0) is 38.3 Å². The van der Waals surface area contributed by atoms with Crippen molar-refractivity contribution in [1.29, 1.82) is 0 Å². The Bertz CT molecular complexity index is 391. The number of hydrogen-bond acceptors (Lipinski definition) is 3. The SMILES string of the molecule is CC(NCCC1CCOC1)c1ccc(O)cc1F. The molecule has 0 saturated carbocycles. The predicted molar refractivity (Wildman–Crippen MR) is 68.0 cm³/mol. The Morgan fingerprint density at radius 3 is 3.06 bits per heavy atom. The van der Waals surface area contributed by atoms with E-state index in [1.165, 1.54) is 6.07 Å². The summed E-state index contributed by atoms with van der Waals surface area (Å²) in [6.45, 7) is 4.51. The summed E-state index contributed by atoms with van der Waals surface area (Å²) in [4.78, 5) is 0. The molecule has 1 fully saturated rings. The first-order valence-electron chi connectivity index (χ1n) is 6.46. The summed E-state index contributed by atoms with van der Waals surface area (Å²) in [6, 6.07) is 4.24. The van der Waals surface area contributed by atoms with Crippen molar-refractivity contribution >= 4 is 0 Å². The van der Waals surface area contributed by atoms with E-state index >= 15 is 0 Å². The molecular formula is C14H20FNO2. The van der Waals surface area contributed by atoms with Crippen LogP contribution in [0.2, 0.25) is 0 Å². The van der Waals surface area contributed by atoms with Crippen LogP contribution in [0.25, 0.3) is 0 Å². The molecule has 0 radical (unpaired) electrons. The van der Waals surface area contributed by atoms with Gasteiger partial charge in [0.2, 0.25) is 0 Å². The molecule has 2 unspecified atom stereocenters. The quantitative estimate of drug-likeness (QED) is 0.847. The Morgan fingerprint density at radius 1 is 1.56 bits per heavy atom. The van der Waals surface area contributed by atoms with Gasteiger partial charge in [0.1, 0.15) is 11.6 Å². The number of hydrogen-bond donors (Lipinski definition) is 2. The highest BCUT2D eigenvalue weighted by molar-refractivity contribution is 5.29. The second-order valence-corrected chi connectivity index (χ2v) is 4.90. The van der Waals surface area contributed by atoms with Crippen LogP contribution in [0.4, 0.5) is 4.39 Å². The first kappa shape index (κ1) is 13.3. The molecule has 0 aromatic heterocycles. The summed E-state index contributed by atoms with van der Waals surface area (Å²) in [7, 11) is 0. The van der Waals surface area contributed by atoms with Gasteiger partial charge in [0.25, 0.3) is 0 Å². The molecule has 1 aliphatic rings. The van der Waals surface area contributed by atoms with Gasteiger partial charge in [-0.1, -0.05) is 6.07 Å². The maximum atomic E-state index is 13.6. The van der Waals surface area contributed by atoms with Crippen LogP contribution in [-0.4, -0.2) is 24.9 Å². The van der Waals surface area contributed by atoms with Gasteiger partial charge in [-0.15, -0.1) is 0 Å². The Kier molecular flexibility index (Phi) is 4.55. The average Bonchev–Trinajstić information content (AvgIpc) is 2.81. The van der Waals surface area contributed by atoms with E-state index in [9.17, 15) is 4.39 Å². The number of ether oxygens (including phenoxy) is 1. The number of rotatable bonds is 5. The predicted octanol–water partition coefficient (Wildman–Crippen LogP) is 2.61. The van der Waals surface area contributed by atoms with E-state index in [0.29, 0.717) is 11.5 Å². The van der Waals surface area contributed by atoms with Gasteiger partial charge < -0.3 is 15.2 Å². The topological polar surface area (TPSA) is 41.5 Å². The maximum Gasteiger partial charge on any atom is 0.131 e. The molecule has 1 saturated heterocycles. The van der Waals surface area contributed by atoms with E-state index in [4.69, 9.17) is 9.84 Å². The number of halogens is 1. The summed E-state index contributed by atoms with van der Waals surface area (Å²) in [5.41, 5.74) is 0.593. The van der Waals surface area contributed by atoms with Gasteiger partial charge in [0, 0.05) is 30.9 Å². The Labute approximate surface area is 107 Å². The molecule has 0 amide bonds. The third-order valence-electron chi connectivity index (χ3n) is 3.48. The van der Waals surface area contributed by atoms with Gasteiger partial charge >= 0.3 is 0 Å². The lowest BCUT2D eigenvalue weighted by Crippen LogP contribution is -2.22. The number of nitrogens with one attached hydrogen (secondary N) is 1. The minimum Gasteiger partial charge on any atom is -0.508 e. The number of aromatic hydroxyl groups is 1. The van der Waals surface area contributed by atoms with Crippen molar-refractivity contribution in [2.45, 2.75) is 25.8 Å². The first-order valence-corrected chi connectivity index (χ1v) is 6.46. The zero-order valence-electron chi connectivity index (χ0n) is 10.7. The van der Waals surface area contributed by atoms with Crippen molar-refractivity contribution < 1.29 is 14.2 Å². The molecule has 0 bridgehead atoms. The molecule has 0 spiro atoms. The van der Waals surface area contributed by atoms with Crippen molar-refractivity contribution in [3.05, 3.63) is 29.6 Å². The van der Waals surface area contributed by atoms with E-state index < -0.39 is 0 Å². The number of phenolic OH excluding ortho intramolecular Hbond substituents is 1. The standard InChI is InChI=1S/C14H20FNO2/c1-10(13-3-2-12(17)8-14(13)15)16-6-4-11-5-7-18-9-11/h2-3,8,10-11,16-17H,4-7,9H2,1H3. The Balaban J connectivity index is 1.81. The van der Waals surface area contributed by atoms with Gasteiger partial charge in [-0.25, -0.2) is 4.39 Å². The molecular weight excluding hydrogens is 233 g/mol. The monoisotopic (exact) mass is 253 g/mol. The third kappa shape index (κ3) is 3.43. The number of phenols is 1. The Morgan fingerprint density at radius 2 is 2.39 bits per heavy atom. The minimum atomic E-state index is -0.362. The minimum absolute atomic E-state index is 0.0356. The summed E-state index contributed by atoms with van der Waals surface area (Å²) in [5.74, 6) is 0.236. The fourth-order valence-corrected chi connectivity index (χ4v) is 2.29. The lowest BCUT2D eigenvalue weighted by molar-refractivity contribution is 0.184. The van der Waals surface area contributed by atoms with Crippen LogP contribution in [0.1, 0.15) is 31.4 Å².